The van der Waals surface area contributed by atoms with Gasteiger partial charge in [-0.05, 0) is 49.4 Å². The zero-order valence-corrected chi connectivity index (χ0v) is 11.8. The Hall–Kier alpha value is -1.19. The SMILES string of the molecule is CCc1cccnc1C(CCc1cccs1)NC. The molecule has 0 aliphatic rings. The summed E-state index contributed by atoms with van der Waals surface area (Å²) in [5.41, 5.74) is 2.56. The first-order chi connectivity index (χ1) is 8.85. The molecule has 3 heteroatoms. The molecule has 18 heavy (non-hydrogen) atoms. The first kappa shape index (κ1) is 13.2. The number of nitrogens with zero attached hydrogens (tertiary/aromatic N) is 1. The van der Waals surface area contributed by atoms with E-state index in [0.717, 1.165) is 19.3 Å². The summed E-state index contributed by atoms with van der Waals surface area (Å²) in [5, 5.41) is 5.54. The van der Waals surface area contributed by atoms with E-state index >= 15 is 0 Å². The van der Waals surface area contributed by atoms with Gasteiger partial charge < -0.3 is 5.32 Å². The predicted octanol–water partition coefficient (Wildman–Crippen LogP) is 3.60. The van der Waals surface area contributed by atoms with Crippen LogP contribution in [0.2, 0.25) is 0 Å². The van der Waals surface area contributed by atoms with Crippen molar-refractivity contribution in [2.45, 2.75) is 32.2 Å². The maximum absolute atomic E-state index is 4.56. The minimum Gasteiger partial charge on any atom is -0.312 e. The summed E-state index contributed by atoms with van der Waals surface area (Å²) in [6, 6.07) is 8.87. The van der Waals surface area contributed by atoms with Crippen LogP contribution in [-0.2, 0) is 12.8 Å². The quantitative estimate of drug-likeness (QED) is 0.858. The molecule has 0 aliphatic carbocycles. The first-order valence-electron chi connectivity index (χ1n) is 6.48. The van der Waals surface area contributed by atoms with E-state index in [1.807, 2.05) is 30.6 Å². The second kappa shape index (κ2) is 6.66. The molecule has 1 unspecified atom stereocenters. The zero-order chi connectivity index (χ0) is 12.8. The fraction of sp³-hybridized carbons (Fsp3) is 0.400. The third-order valence-corrected chi connectivity index (χ3v) is 4.18. The van der Waals surface area contributed by atoms with Crippen LogP contribution in [-0.4, -0.2) is 12.0 Å². The van der Waals surface area contributed by atoms with Crippen molar-refractivity contribution in [1.82, 2.24) is 10.3 Å². The maximum Gasteiger partial charge on any atom is 0.0604 e. The molecule has 0 spiro atoms. The van der Waals surface area contributed by atoms with Gasteiger partial charge in [-0.2, -0.15) is 0 Å². The number of hydrogen-bond acceptors (Lipinski definition) is 3. The van der Waals surface area contributed by atoms with Crippen LogP contribution < -0.4 is 5.32 Å². The van der Waals surface area contributed by atoms with Crippen LogP contribution in [0.4, 0.5) is 0 Å². The van der Waals surface area contributed by atoms with Gasteiger partial charge in [-0.15, -0.1) is 11.3 Å². The Bertz CT molecular complexity index is 465. The number of aryl methyl sites for hydroxylation is 2. The van der Waals surface area contributed by atoms with Gasteiger partial charge in [0.05, 0.1) is 5.69 Å². The zero-order valence-electron chi connectivity index (χ0n) is 11.0. The number of pyridine rings is 1. The van der Waals surface area contributed by atoms with E-state index < -0.39 is 0 Å². The van der Waals surface area contributed by atoms with Crippen LogP contribution in [0.1, 0.15) is 35.5 Å². The Morgan fingerprint density at radius 2 is 2.22 bits per heavy atom. The molecule has 2 rings (SSSR count). The normalized spacial score (nSPS) is 12.6. The highest BCUT2D eigenvalue weighted by molar-refractivity contribution is 7.09. The molecule has 0 fully saturated rings. The fourth-order valence-corrected chi connectivity index (χ4v) is 2.95. The van der Waals surface area contributed by atoms with Gasteiger partial charge in [0, 0.05) is 17.1 Å². The van der Waals surface area contributed by atoms with E-state index in [9.17, 15) is 0 Å². The van der Waals surface area contributed by atoms with Gasteiger partial charge in [-0.3, -0.25) is 4.98 Å². The monoisotopic (exact) mass is 260 g/mol. The molecular weight excluding hydrogens is 240 g/mol. The highest BCUT2D eigenvalue weighted by Gasteiger charge is 2.14. The smallest absolute Gasteiger partial charge is 0.0604 e. The molecule has 96 valence electrons. The van der Waals surface area contributed by atoms with Gasteiger partial charge in [0.25, 0.3) is 0 Å². The lowest BCUT2D eigenvalue weighted by Gasteiger charge is -2.18. The van der Waals surface area contributed by atoms with E-state index in [0.29, 0.717) is 6.04 Å². The Morgan fingerprint density at radius 3 is 2.89 bits per heavy atom. The van der Waals surface area contributed by atoms with Crippen molar-refractivity contribution in [1.29, 1.82) is 0 Å². The van der Waals surface area contributed by atoms with Crippen molar-refractivity contribution in [2.75, 3.05) is 7.05 Å². The van der Waals surface area contributed by atoms with E-state index in [1.54, 1.807) is 0 Å². The molecule has 0 bridgehead atoms. The van der Waals surface area contributed by atoms with Crippen molar-refractivity contribution in [2.24, 2.45) is 0 Å². The highest BCUT2D eigenvalue weighted by Crippen LogP contribution is 2.22. The van der Waals surface area contributed by atoms with E-state index in [1.165, 1.54) is 16.1 Å². The average Bonchev–Trinajstić information content (AvgIpc) is 2.93. The van der Waals surface area contributed by atoms with E-state index in [-0.39, 0.29) is 0 Å². The van der Waals surface area contributed by atoms with Gasteiger partial charge in [0.2, 0.25) is 0 Å². The number of nitrogens with one attached hydrogen (secondary N) is 1. The van der Waals surface area contributed by atoms with Crippen molar-refractivity contribution in [3.63, 3.8) is 0 Å². The summed E-state index contributed by atoms with van der Waals surface area (Å²) in [5.74, 6) is 0. The standard InChI is InChI=1S/C15H20N2S/c1-3-12-6-4-10-17-15(12)14(16-2)9-8-13-7-5-11-18-13/h4-7,10-11,14,16H,3,8-9H2,1-2H3. The lowest BCUT2D eigenvalue weighted by molar-refractivity contribution is 0.533. The number of hydrogen-bond donors (Lipinski definition) is 1. The summed E-state index contributed by atoms with van der Waals surface area (Å²) in [6.45, 7) is 2.19. The molecule has 0 amide bonds. The second-order valence-corrected chi connectivity index (χ2v) is 5.39. The molecule has 1 N–H and O–H groups in total. The summed E-state index contributed by atoms with van der Waals surface area (Å²) < 4.78 is 0. The minimum atomic E-state index is 0.350. The van der Waals surface area contributed by atoms with Gasteiger partial charge >= 0.3 is 0 Å². The predicted molar refractivity (Wildman–Crippen MR) is 78.1 cm³/mol. The average molecular weight is 260 g/mol. The van der Waals surface area contributed by atoms with Gasteiger partial charge in [-0.1, -0.05) is 19.1 Å². The first-order valence-corrected chi connectivity index (χ1v) is 7.36. The molecule has 2 heterocycles. The third kappa shape index (κ3) is 3.18. The van der Waals surface area contributed by atoms with Gasteiger partial charge in [-0.25, -0.2) is 0 Å². The molecule has 0 saturated heterocycles. The van der Waals surface area contributed by atoms with Crippen LogP contribution in [0.25, 0.3) is 0 Å². The molecule has 0 saturated carbocycles. The van der Waals surface area contributed by atoms with Crippen molar-refractivity contribution < 1.29 is 0 Å². The van der Waals surface area contributed by atoms with Gasteiger partial charge in [0.15, 0.2) is 0 Å². The lowest BCUT2D eigenvalue weighted by atomic mass is 10.0. The van der Waals surface area contributed by atoms with Crippen LogP contribution >= 0.6 is 11.3 Å². The summed E-state index contributed by atoms with van der Waals surface area (Å²) in [4.78, 5) is 6.01. The van der Waals surface area contributed by atoms with Crippen molar-refractivity contribution >= 4 is 11.3 Å². The molecule has 1 atom stereocenters. The molecule has 0 aromatic carbocycles. The largest absolute Gasteiger partial charge is 0.312 e. The van der Waals surface area contributed by atoms with Crippen LogP contribution in [0.5, 0.6) is 0 Å². The fourth-order valence-electron chi connectivity index (χ4n) is 2.22. The molecule has 2 aromatic heterocycles. The van der Waals surface area contributed by atoms with Crippen LogP contribution in [0.3, 0.4) is 0 Å². The topological polar surface area (TPSA) is 24.9 Å². The molecule has 0 aliphatic heterocycles. The van der Waals surface area contributed by atoms with Crippen molar-refractivity contribution in [3.8, 4) is 0 Å². The van der Waals surface area contributed by atoms with E-state index in [2.05, 4.69) is 40.8 Å². The summed E-state index contributed by atoms with van der Waals surface area (Å²) in [7, 11) is 2.02. The summed E-state index contributed by atoms with van der Waals surface area (Å²) in [6.07, 6.45) is 5.15. The molecule has 2 nitrogen and oxygen atoms in total. The van der Waals surface area contributed by atoms with Crippen molar-refractivity contribution in [3.05, 3.63) is 52.0 Å². The lowest BCUT2D eigenvalue weighted by Crippen LogP contribution is -2.19. The number of rotatable bonds is 6. The third-order valence-electron chi connectivity index (χ3n) is 3.25. The van der Waals surface area contributed by atoms with Crippen LogP contribution in [0, 0.1) is 0 Å². The molecular formula is C15H20N2S. The maximum atomic E-state index is 4.56. The Labute approximate surface area is 113 Å². The van der Waals surface area contributed by atoms with E-state index in [4.69, 9.17) is 0 Å². The second-order valence-electron chi connectivity index (χ2n) is 4.36. The van der Waals surface area contributed by atoms with Gasteiger partial charge in [0.1, 0.15) is 0 Å². The van der Waals surface area contributed by atoms with Crippen LogP contribution in [0.15, 0.2) is 35.8 Å². The Balaban J connectivity index is 2.08. The molecule has 2 aromatic rings. The number of thiophene rings is 1. The summed E-state index contributed by atoms with van der Waals surface area (Å²) >= 11 is 1.83. The molecule has 0 radical (unpaired) electrons. The Kier molecular flexibility index (Phi) is 4.90. The Morgan fingerprint density at radius 1 is 1.33 bits per heavy atom. The number of aromatic nitrogens is 1. The highest BCUT2D eigenvalue weighted by atomic mass is 32.1. The minimum absolute atomic E-state index is 0.350.